The molecule has 2 unspecified atom stereocenters. The number of benzene rings is 2. The van der Waals surface area contributed by atoms with Crippen molar-refractivity contribution in [1.82, 2.24) is 0 Å². The van der Waals surface area contributed by atoms with E-state index in [1.807, 2.05) is 18.2 Å². The molecule has 0 radical (unpaired) electrons. The lowest BCUT2D eigenvalue weighted by atomic mass is 9.89. The summed E-state index contributed by atoms with van der Waals surface area (Å²) >= 11 is 0. The number of aromatic hydroxyl groups is 1. The third kappa shape index (κ3) is 1.68. The summed E-state index contributed by atoms with van der Waals surface area (Å²) in [5, 5.41) is 11.6. The number of hydrogen-bond donors (Lipinski definition) is 1. The molecule has 2 aliphatic rings. The van der Waals surface area contributed by atoms with Crippen molar-refractivity contribution in [3.63, 3.8) is 0 Å². The van der Waals surface area contributed by atoms with Crippen molar-refractivity contribution in [2.24, 2.45) is 11.8 Å². The second kappa shape index (κ2) is 4.20. The molecule has 2 atom stereocenters. The standard InChI is InChI=1S/C18H16O2/c19-14-7-6-11-8-13(5-4-12(11)9-14)17-10-18(20)16-3-1-2-15(16)17/h4-10,15-16,19H,1-3H2. The SMILES string of the molecule is O=C1C=C(c2ccc3cc(O)ccc3c2)C2CCCC12. The van der Waals surface area contributed by atoms with Crippen molar-refractivity contribution in [3.8, 4) is 5.75 Å². The Hall–Kier alpha value is -2.09. The predicted octanol–water partition coefficient (Wildman–Crippen LogP) is 3.93. The van der Waals surface area contributed by atoms with E-state index in [4.69, 9.17) is 0 Å². The second-order valence-electron chi connectivity index (χ2n) is 5.89. The summed E-state index contributed by atoms with van der Waals surface area (Å²) in [6, 6.07) is 11.6. The van der Waals surface area contributed by atoms with Gasteiger partial charge in [-0.3, -0.25) is 4.79 Å². The molecule has 0 aromatic heterocycles. The average molecular weight is 264 g/mol. The van der Waals surface area contributed by atoms with Crippen molar-refractivity contribution >= 4 is 22.1 Å². The molecule has 1 saturated carbocycles. The highest BCUT2D eigenvalue weighted by molar-refractivity contribution is 6.05. The number of fused-ring (bicyclic) bond motifs is 2. The Morgan fingerprint density at radius 3 is 2.60 bits per heavy atom. The Labute approximate surface area is 117 Å². The molecule has 2 aromatic carbocycles. The van der Waals surface area contributed by atoms with Gasteiger partial charge in [-0.1, -0.05) is 24.6 Å². The van der Waals surface area contributed by atoms with E-state index in [2.05, 4.69) is 12.1 Å². The van der Waals surface area contributed by atoms with Gasteiger partial charge >= 0.3 is 0 Å². The van der Waals surface area contributed by atoms with Crippen molar-refractivity contribution in [1.29, 1.82) is 0 Å². The fourth-order valence-corrected chi connectivity index (χ4v) is 3.75. The van der Waals surface area contributed by atoms with Crippen LogP contribution >= 0.6 is 0 Å². The van der Waals surface area contributed by atoms with Crippen molar-refractivity contribution in [2.45, 2.75) is 19.3 Å². The maximum absolute atomic E-state index is 12.0. The number of phenolic OH excluding ortho intramolecular Hbond substituents is 1. The summed E-state index contributed by atoms with van der Waals surface area (Å²) in [5.74, 6) is 1.27. The molecule has 0 spiro atoms. The lowest BCUT2D eigenvalue weighted by Gasteiger charge is -2.14. The topological polar surface area (TPSA) is 37.3 Å². The summed E-state index contributed by atoms with van der Waals surface area (Å²) in [5.41, 5.74) is 2.37. The summed E-state index contributed by atoms with van der Waals surface area (Å²) in [6.07, 6.45) is 5.21. The summed E-state index contributed by atoms with van der Waals surface area (Å²) < 4.78 is 0. The van der Waals surface area contributed by atoms with Gasteiger partial charge in [0.05, 0.1) is 0 Å². The molecule has 0 amide bonds. The summed E-state index contributed by atoms with van der Waals surface area (Å²) in [6.45, 7) is 0. The number of ketones is 1. The lowest BCUT2D eigenvalue weighted by molar-refractivity contribution is -0.117. The third-order valence-corrected chi connectivity index (χ3v) is 4.74. The van der Waals surface area contributed by atoms with Gasteiger partial charge in [-0.15, -0.1) is 0 Å². The highest BCUT2D eigenvalue weighted by Gasteiger charge is 2.39. The molecule has 2 aromatic rings. The normalized spacial score (nSPS) is 25.0. The van der Waals surface area contributed by atoms with Crippen LogP contribution in [0.3, 0.4) is 0 Å². The quantitative estimate of drug-likeness (QED) is 0.847. The molecule has 1 fully saturated rings. The second-order valence-corrected chi connectivity index (χ2v) is 5.89. The first-order valence-corrected chi connectivity index (χ1v) is 7.21. The van der Waals surface area contributed by atoms with Gasteiger partial charge in [0, 0.05) is 5.92 Å². The lowest BCUT2D eigenvalue weighted by Crippen LogP contribution is -2.09. The molecular formula is C18H16O2. The van der Waals surface area contributed by atoms with E-state index in [9.17, 15) is 9.90 Å². The average Bonchev–Trinajstić information content (AvgIpc) is 3.03. The first-order valence-electron chi connectivity index (χ1n) is 7.21. The first kappa shape index (κ1) is 11.7. The van der Waals surface area contributed by atoms with Gasteiger partial charge in [0.2, 0.25) is 0 Å². The van der Waals surface area contributed by atoms with Crippen LogP contribution in [0.25, 0.3) is 16.3 Å². The molecule has 0 saturated heterocycles. The minimum atomic E-state index is 0.237. The van der Waals surface area contributed by atoms with Crippen LogP contribution in [-0.2, 0) is 4.79 Å². The van der Waals surface area contributed by atoms with E-state index in [0.29, 0.717) is 11.7 Å². The fourth-order valence-electron chi connectivity index (χ4n) is 3.75. The maximum Gasteiger partial charge on any atom is 0.159 e. The predicted molar refractivity (Wildman–Crippen MR) is 79.4 cm³/mol. The van der Waals surface area contributed by atoms with E-state index in [1.165, 1.54) is 12.0 Å². The molecule has 2 nitrogen and oxygen atoms in total. The zero-order valence-electron chi connectivity index (χ0n) is 11.2. The smallest absolute Gasteiger partial charge is 0.159 e. The number of carbonyl (C=O) groups is 1. The fraction of sp³-hybridized carbons (Fsp3) is 0.278. The Kier molecular flexibility index (Phi) is 2.46. The van der Waals surface area contributed by atoms with Crippen LogP contribution in [0.2, 0.25) is 0 Å². The van der Waals surface area contributed by atoms with Crippen LogP contribution in [0, 0.1) is 11.8 Å². The van der Waals surface area contributed by atoms with E-state index in [1.54, 1.807) is 12.1 Å². The third-order valence-electron chi connectivity index (χ3n) is 4.74. The number of carbonyl (C=O) groups excluding carboxylic acids is 1. The van der Waals surface area contributed by atoms with E-state index < -0.39 is 0 Å². The Balaban J connectivity index is 1.81. The van der Waals surface area contributed by atoms with Gasteiger partial charge in [0.15, 0.2) is 5.78 Å². The maximum atomic E-state index is 12.0. The van der Waals surface area contributed by atoms with Gasteiger partial charge in [-0.2, -0.15) is 0 Å². The number of phenols is 1. The van der Waals surface area contributed by atoms with E-state index >= 15 is 0 Å². The highest BCUT2D eigenvalue weighted by Crippen LogP contribution is 2.46. The minimum absolute atomic E-state index is 0.237. The van der Waals surface area contributed by atoms with Gasteiger partial charge < -0.3 is 5.11 Å². The Morgan fingerprint density at radius 2 is 1.70 bits per heavy atom. The largest absolute Gasteiger partial charge is 0.508 e. The highest BCUT2D eigenvalue weighted by atomic mass is 16.3. The zero-order chi connectivity index (χ0) is 13.7. The van der Waals surface area contributed by atoms with Gasteiger partial charge in [0.1, 0.15) is 5.75 Å². The Bertz CT molecular complexity index is 742. The van der Waals surface area contributed by atoms with Crippen molar-refractivity contribution < 1.29 is 9.90 Å². The molecule has 0 bridgehead atoms. The van der Waals surface area contributed by atoms with Crippen LogP contribution in [0.15, 0.2) is 42.5 Å². The molecule has 1 N–H and O–H groups in total. The first-order chi connectivity index (χ1) is 9.72. The van der Waals surface area contributed by atoms with Crippen molar-refractivity contribution in [3.05, 3.63) is 48.0 Å². The molecule has 20 heavy (non-hydrogen) atoms. The summed E-state index contributed by atoms with van der Waals surface area (Å²) in [7, 11) is 0. The van der Waals surface area contributed by atoms with Gasteiger partial charge in [-0.25, -0.2) is 0 Å². The van der Waals surface area contributed by atoms with Gasteiger partial charge in [-0.05, 0) is 64.9 Å². The van der Waals surface area contributed by atoms with Crippen LogP contribution in [0.1, 0.15) is 24.8 Å². The molecule has 2 aliphatic carbocycles. The number of rotatable bonds is 1. The molecule has 100 valence electrons. The molecule has 0 heterocycles. The van der Waals surface area contributed by atoms with Gasteiger partial charge in [0.25, 0.3) is 0 Å². The molecule has 2 heteroatoms. The molecule has 4 rings (SSSR count). The monoisotopic (exact) mass is 264 g/mol. The van der Waals surface area contributed by atoms with E-state index in [-0.39, 0.29) is 11.7 Å². The van der Waals surface area contributed by atoms with E-state index in [0.717, 1.165) is 29.2 Å². The molecular weight excluding hydrogens is 248 g/mol. The van der Waals surface area contributed by atoms with Crippen LogP contribution in [-0.4, -0.2) is 10.9 Å². The number of allylic oxidation sites excluding steroid dienone is 2. The van der Waals surface area contributed by atoms with Crippen molar-refractivity contribution in [2.75, 3.05) is 0 Å². The Morgan fingerprint density at radius 1 is 0.950 bits per heavy atom. The zero-order valence-corrected chi connectivity index (χ0v) is 11.2. The van der Waals surface area contributed by atoms with Crippen LogP contribution in [0.4, 0.5) is 0 Å². The number of hydrogen-bond acceptors (Lipinski definition) is 2. The molecule has 0 aliphatic heterocycles. The van der Waals surface area contributed by atoms with Crippen LogP contribution < -0.4 is 0 Å². The summed E-state index contributed by atoms with van der Waals surface area (Å²) in [4.78, 5) is 12.0. The van der Waals surface area contributed by atoms with Crippen LogP contribution in [0.5, 0.6) is 5.75 Å². The minimum Gasteiger partial charge on any atom is -0.508 e.